The molecule has 1 unspecified atom stereocenters. The molecule has 2 aromatic rings. The Kier molecular flexibility index (Phi) is 9.24. The lowest BCUT2D eigenvalue weighted by Gasteiger charge is -2.52. The first-order valence-corrected chi connectivity index (χ1v) is 13.2. The predicted octanol–water partition coefficient (Wildman–Crippen LogP) is 5.64. The monoisotopic (exact) mass is 510 g/mol. The Hall–Kier alpha value is -3.06. The van der Waals surface area contributed by atoms with Crippen molar-refractivity contribution in [2.75, 3.05) is 26.8 Å². The van der Waals surface area contributed by atoms with Gasteiger partial charge in [-0.25, -0.2) is 4.79 Å². The highest BCUT2D eigenvalue weighted by Gasteiger charge is 2.51. The van der Waals surface area contributed by atoms with Crippen molar-refractivity contribution >= 4 is 12.0 Å². The Morgan fingerprint density at radius 2 is 1.73 bits per heavy atom. The molecule has 0 radical (unpaired) electrons. The molecule has 1 N–H and O–H groups in total. The zero-order valence-corrected chi connectivity index (χ0v) is 23.1. The van der Waals surface area contributed by atoms with E-state index >= 15 is 0 Å². The second kappa shape index (κ2) is 12.0. The highest BCUT2D eigenvalue weighted by atomic mass is 16.5. The number of carboxylic acid groups (broad SMARTS) is 1. The molecule has 0 spiro atoms. The van der Waals surface area contributed by atoms with Crippen LogP contribution < -0.4 is 4.74 Å². The van der Waals surface area contributed by atoms with Crippen LogP contribution in [-0.2, 0) is 21.6 Å². The van der Waals surface area contributed by atoms with E-state index in [4.69, 9.17) is 9.47 Å². The van der Waals surface area contributed by atoms with Crippen molar-refractivity contribution in [3.63, 3.8) is 0 Å². The quantitative estimate of drug-likeness (QED) is 0.396. The first-order valence-electron chi connectivity index (χ1n) is 13.2. The molecule has 0 saturated carbocycles. The van der Waals surface area contributed by atoms with Crippen LogP contribution in [-0.4, -0.2) is 65.3 Å². The van der Waals surface area contributed by atoms with Gasteiger partial charge in [0, 0.05) is 18.6 Å². The summed E-state index contributed by atoms with van der Waals surface area (Å²) in [5.41, 5.74) is 1.76. The molecule has 1 aliphatic heterocycles. The molecular formula is C30H42N2O5. The number of unbranched alkanes of at least 4 members (excludes halogenated alkanes) is 2. The summed E-state index contributed by atoms with van der Waals surface area (Å²) < 4.78 is 11.7. The van der Waals surface area contributed by atoms with Gasteiger partial charge in [0.05, 0.1) is 20.2 Å². The van der Waals surface area contributed by atoms with E-state index in [0.29, 0.717) is 25.4 Å². The SMILES string of the molecule is CCCCCOC1(c2ccccc2C)CN(C(=O)C(Cc2ccc(OC)cc2)N(C(=O)O)C(C)(C)C)C1. The van der Waals surface area contributed by atoms with Crippen LogP contribution in [0.25, 0.3) is 0 Å². The van der Waals surface area contributed by atoms with Crippen LogP contribution in [0.5, 0.6) is 5.75 Å². The number of amides is 2. The number of nitrogens with zero attached hydrogens (tertiary/aromatic N) is 2. The smallest absolute Gasteiger partial charge is 0.408 e. The predicted molar refractivity (Wildman–Crippen MR) is 145 cm³/mol. The fraction of sp³-hybridized carbons (Fsp3) is 0.533. The van der Waals surface area contributed by atoms with Gasteiger partial charge in [0.1, 0.15) is 17.4 Å². The molecule has 2 aromatic carbocycles. The van der Waals surface area contributed by atoms with Crippen molar-refractivity contribution in [1.82, 2.24) is 9.80 Å². The summed E-state index contributed by atoms with van der Waals surface area (Å²) in [6.45, 7) is 11.1. The first-order chi connectivity index (χ1) is 17.5. The number of carbonyl (C=O) groups is 2. The van der Waals surface area contributed by atoms with E-state index in [1.807, 2.05) is 57.2 Å². The maximum atomic E-state index is 14.0. The summed E-state index contributed by atoms with van der Waals surface area (Å²) >= 11 is 0. The van der Waals surface area contributed by atoms with Crippen LogP contribution in [0.3, 0.4) is 0 Å². The van der Waals surface area contributed by atoms with Crippen LogP contribution in [0.15, 0.2) is 48.5 Å². The molecule has 2 amide bonds. The van der Waals surface area contributed by atoms with Gasteiger partial charge in [0.15, 0.2) is 0 Å². The molecule has 1 atom stereocenters. The minimum Gasteiger partial charge on any atom is -0.497 e. The summed E-state index contributed by atoms with van der Waals surface area (Å²) in [5.74, 6) is 0.512. The number of hydrogen-bond donors (Lipinski definition) is 1. The van der Waals surface area contributed by atoms with Crippen molar-refractivity contribution in [2.24, 2.45) is 0 Å². The third kappa shape index (κ3) is 6.63. The summed E-state index contributed by atoms with van der Waals surface area (Å²) in [6, 6.07) is 14.7. The largest absolute Gasteiger partial charge is 0.497 e. The number of rotatable bonds is 11. The molecule has 37 heavy (non-hydrogen) atoms. The number of methoxy groups -OCH3 is 1. The molecule has 0 aromatic heterocycles. The second-order valence-corrected chi connectivity index (χ2v) is 11.0. The minimum atomic E-state index is -1.11. The van der Waals surface area contributed by atoms with Gasteiger partial charge in [-0.05, 0) is 62.9 Å². The molecule has 7 heteroatoms. The maximum absolute atomic E-state index is 14.0. The number of ether oxygens (including phenoxy) is 2. The van der Waals surface area contributed by atoms with Gasteiger partial charge >= 0.3 is 6.09 Å². The van der Waals surface area contributed by atoms with E-state index in [-0.39, 0.29) is 12.3 Å². The second-order valence-electron chi connectivity index (χ2n) is 11.0. The highest BCUT2D eigenvalue weighted by molar-refractivity contribution is 5.87. The van der Waals surface area contributed by atoms with Crippen LogP contribution in [0.1, 0.15) is 63.6 Å². The molecule has 1 fully saturated rings. The zero-order chi connectivity index (χ0) is 27.2. The highest BCUT2D eigenvalue weighted by Crippen LogP contribution is 2.39. The molecular weight excluding hydrogens is 468 g/mol. The molecule has 0 bridgehead atoms. The first kappa shape index (κ1) is 28.5. The third-order valence-corrected chi connectivity index (χ3v) is 7.08. The van der Waals surface area contributed by atoms with Crippen molar-refractivity contribution in [2.45, 2.75) is 77.5 Å². The third-order valence-electron chi connectivity index (χ3n) is 7.08. The Labute approximate surface area is 221 Å². The van der Waals surface area contributed by atoms with E-state index in [0.717, 1.165) is 36.0 Å². The average molecular weight is 511 g/mol. The summed E-state index contributed by atoms with van der Waals surface area (Å²) in [5, 5.41) is 10.2. The topological polar surface area (TPSA) is 79.3 Å². The number of likely N-dealkylation sites (tertiary alicyclic amines) is 1. The van der Waals surface area contributed by atoms with Crippen LogP contribution in [0, 0.1) is 6.92 Å². The fourth-order valence-electron chi connectivity index (χ4n) is 5.14. The van der Waals surface area contributed by atoms with Crippen LogP contribution in [0.4, 0.5) is 4.79 Å². The van der Waals surface area contributed by atoms with Gasteiger partial charge in [0.25, 0.3) is 0 Å². The lowest BCUT2D eigenvalue weighted by molar-refractivity contribution is -0.178. The molecule has 0 aliphatic carbocycles. The van der Waals surface area contributed by atoms with Crippen LogP contribution in [0.2, 0.25) is 0 Å². The van der Waals surface area contributed by atoms with E-state index in [1.165, 1.54) is 4.90 Å². The van der Waals surface area contributed by atoms with E-state index < -0.39 is 23.3 Å². The maximum Gasteiger partial charge on any atom is 0.408 e. The van der Waals surface area contributed by atoms with Gasteiger partial charge in [0.2, 0.25) is 5.91 Å². The molecule has 7 nitrogen and oxygen atoms in total. The van der Waals surface area contributed by atoms with E-state index in [1.54, 1.807) is 12.0 Å². The van der Waals surface area contributed by atoms with Gasteiger partial charge in [-0.15, -0.1) is 0 Å². The fourth-order valence-corrected chi connectivity index (χ4v) is 5.14. The lowest BCUT2D eigenvalue weighted by atomic mass is 9.82. The minimum absolute atomic E-state index is 0.200. The number of aryl methyl sites for hydroxylation is 1. The van der Waals surface area contributed by atoms with Crippen molar-refractivity contribution in [1.29, 1.82) is 0 Å². The zero-order valence-electron chi connectivity index (χ0n) is 23.1. The van der Waals surface area contributed by atoms with Crippen LogP contribution >= 0.6 is 0 Å². The standard InChI is InChI=1S/C30H42N2O5/c1-7-8-11-18-37-30(25-13-10-9-12-22(25)2)20-31(21-30)27(33)26(32(28(34)35)29(3,4)5)19-23-14-16-24(36-6)17-15-23/h9-10,12-17,26H,7-8,11,18-21H2,1-6H3,(H,34,35). The Bertz CT molecular complexity index is 1050. The Morgan fingerprint density at radius 3 is 2.27 bits per heavy atom. The van der Waals surface area contributed by atoms with Crippen molar-refractivity contribution < 1.29 is 24.2 Å². The molecule has 3 rings (SSSR count). The lowest BCUT2D eigenvalue weighted by Crippen LogP contribution is -2.67. The summed E-state index contributed by atoms with van der Waals surface area (Å²) in [6.07, 6.45) is 2.33. The number of benzene rings is 2. The van der Waals surface area contributed by atoms with Gasteiger partial charge < -0.3 is 19.5 Å². The average Bonchev–Trinajstić information content (AvgIpc) is 2.82. The number of hydrogen-bond acceptors (Lipinski definition) is 4. The number of carbonyl (C=O) groups excluding carboxylic acids is 1. The molecule has 1 aliphatic rings. The van der Waals surface area contributed by atoms with Gasteiger partial charge in [-0.2, -0.15) is 0 Å². The molecule has 1 saturated heterocycles. The summed E-state index contributed by atoms with van der Waals surface area (Å²) in [4.78, 5) is 29.4. The van der Waals surface area contributed by atoms with Crippen molar-refractivity contribution in [3.8, 4) is 5.75 Å². The van der Waals surface area contributed by atoms with Gasteiger partial charge in [-0.3, -0.25) is 9.69 Å². The Morgan fingerprint density at radius 1 is 1.08 bits per heavy atom. The Balaban J connectivity index is 1.88. The molecule has 202 valence electrons. The van der Waals surface area contributed by atoms with Gasteiger partial charge in [-0.1, -0.05) is 56.2 Å². The summed E-state index contributed by atoms with van der Waals surface area (Å²) in [7, 11) is 1.60. The van der Waals surface area contributed by atoms with E-state index in [9.17, 15) is 14.7 Å². The normalized spacial score (nSPS) is 15.6. The van der Waals surface area contributed by atoms with Crippen molar-refractivity contribution in [3.05, 3.63) is 65.2 Å². The molecule has 1 heterocycles. The van der Waals surface area contributed by atoms with E-state index in [2.05, 4.69) is 26.0 Å².